The lowest BCUT2D eigenvalue weighted by atomic mass is 9.63. The van der Waals surface area contributed by atoms with E-state index in [0.29, 0.717) is 12.2 Å². The summed E-state index contributed by atoms with van der Waals surface area (Å²) in [5.74, 6) is 0.175. The number of carbonyl (C=O) groups is 2. The van der Waals surface area contributed by atoms with Gasteiger partial charge < -0.3 is 9.47 Å². The average molecular weight is 483 g/mol. The molecule has 0 bridgehead atoms. The van der Waals surface area contributed by atoms with E-state index < -0.39 is 15.4 Å². The molecule has 2 heterocycles. The van der Waals surface area contributed by atoms with Gasteiger partial charge in [-0.05, 0) is 32.1 Å². The minimum Gasteiger partial charge on any atom is -0.445 e. The lowest BCUT2D eigenvalue weighted by Gasteiger charge is -2.56. The number of ketones is 1. The fourth-order valence-corrected chi connectivity index (χ4v) is 5.61. The summed E-state index contributed by atoms with van der Waals surface area (Å²) in [4.78, 5) is 28.5. The van der Waals surface area contributed by atoms with Crippen LogP contribution in [0.3, 0.4) is 0 Å². The number of fused-ring (bicyclic) bond motifs is 1. The summed E-state index contributed by atoms with van der Waals surface area (Å²) in [6, 6.07) is -0.147. The van der Waals surface area contributed by atoms with Gasteiger partial charge in [-0.1, -0.05) is 80.3 Å². The van der Waals surface area contributed by atoms with E-state index in [1.807, 2.05) is 4.90 Å². The van der Waals surface area contributed by atoms with E-state index in [2.05, 4.69) is 6.92 Å². The SMILES string of the molecule is CCCCCC[C@@H]1CC(=O)[C@H]2CCCC[C@@]2(CCC2CO2)N1C(=O)OCC(Cl)(Cl)Cl. The second-order valence-electron chi connectivity index (χ2n) is 9.11. The third-order valence-electron chi connectivity index (χ3n) is 6.92. The number of nitrogens with zero attached hydrogens (tertiary/aromatic N) is 1. The van der Waals surface area contributed by atoms with Crippen molar-refractivity contribution in [2.75, 3.05) is 13.2 Å². The molecule has 3 fully saturated rings. The molecule has 30 heavy (non-hydrogen) atoms. The Morgan fingerprint density at radius 3 is 2.67 bits per heavy atom. The van der Waals surface area contributed by atoms with Crippen molar-refractivity contribution in [2.24, 2.45) is 5.92 Å². The number of unbranched alkanes of at least 4 members (excludes halogenated alkanes) is 3. The Hall–Kier alpha value is -0.230. The average Bonchev–Trinajstić information content (AvgIpc) is 3.52. The molecule has 0 aromatic heterocycles. The summed E-state index contributed by atoms with van der Waals surface area (Å²) in [6.45, 7) is 2.65. The number of rotatable bonds is 9. The van der Waals surface area contributed by atoms with Crippen LogP contribution in [0.25, 0.3) is 0 Å². The van der Waals surface area contributed by atoms with Crippen LogP contribution < -0.4 is 0 Å². The highest BCUT2D eigenvalue weighted by Crippen LogP contribution is 2.49. The van der Waals surface area contributed by atoms with Crippen LogP contribution in [-0.4, -0.2) is 51.5 Å². The Balaban J connectivity index is 1.85. The van der Waals surface area contributed by atoms with Crippen molar-refractivity contribution < 1.29 is 19.1 Å². The highest BCUT2D eigenvalue weighted by atomic mass is 35.6. The summed E-state index contributed by atoms with van der Waals surface area (Å²) in [7, 11) is 0. The van der Waals surface area contributed by atoms with E-state index >= 15 is 0 Å². The van der Waals surface area contributed by atoms with Gasteiger partial charge >= 0.3 is 6.09 Å². The van der Waals surface area contributed by atoms with Gasteiger partial charge in [0.25, 0.3) is 0 Å². The first-order valence-corrected chi connectivity index (χ1v) is 12.6. The number of Topliss-reactive ketones (excluding diaryl/α,β-unsaturated/α-hetero) is 1. The number of alkyl halides is 3. The van der Waals surface area contributed by atoms with Gasteiger partial charge in [0.15, 0.2) is 0 Å². The highest BCUT2D eigenvalue weighted by molar-refractivity contribution is 6.67. The first-order chi connectivity index (χ1) is 14.3. The van der Waals surface area contributed by atoms with E-state index in [9.17, 15) is 9.59 Å². The molecule has 1 saturated carbocycles. The molecule has 5 nitrogen and oxygen atoms in total. The van der Waals surface area contributed by atoms with Gasteiger partial charge in [-0.25, -0.2) is 4.79 Å². The molecule has 0 aromatic carbocycles. The number of likely N-dealkylation sites (tertiary alicyclic amines) is 1. The molecule has 1 amide bonds. The first-order valence-electron chi connectivity index (χ1n) is 11.4. The minimum absolute atomic E-state index is 0.128. The molecular formula is C22H34Cl3NO4. The smallest absolute Gasteiger partial charge is 0.410 e. The molecule has 2 saturated heterocycles. The van der Waals surface area contributed by atoms with Gasteiger partial charge in [0, 0.05) is 18.4 Å². The van der Waals surface area contributed by atoms with Crippen molar-refractivity contribution in [1.82, 2.24) is 4.90 Å². The number of hydrogen-bond donors (Lipinski definition) is 0. The van der Waals surface area contributed by atoms with Gasteiger partial charge in [0.1, 0.15) is 12.4 Å². The molecule has 4 atom stereocenters. The van der Waals surface area contributed by atoms with E-state index in [1.165, 1.54) is 0 Å². The van der Waals surface area contributed by atoms with Crippen molar-refractivity contribution in [2.45, 2.75) is 105 Å². The second kappa shape index (κ2) is 10.6. The van der Waals surface area contributed by atoms with Crippen LogP contribution in [0.15, 0.2) is 0 Å². The van der Waals surface area contributed by atoms with E-state index in [4.69, 9.17) is 44.3 Å². The molecule has 0 aromatic rings. The quantitative estimate of drug-likeness (QED) is 0.222. The van der Waals surface area contributed by atoms with Crippen LogP contribution in [0.4, 0.5) is 4.79 Å². The minimum atomic E-state index is -1.65. The van der Waals surface area contributed by atoms with Crippen molar-refractivity contribution in [1.29, 1.82) is 0 Å². The maximum atomic E-state index is 13.4. The van der Waals surface area contributed by atoms with Crippen molar-refractivity contribution in [3.8, 4) is 0 Å². The van der Waals surface area contributed by atoms with Crippen LogP contribution in [0.1, 0.15) is 84.0 Å². The normalized spacial score (nSPS) is 31.4. The number of carbonyl (C=O) groups excluding carboxylic acids is 2. The molecule has 2 aliphatic heterocycles. The fraction of sp³-hybridized carbons (Fsp3) is 0.909. The standard InChI is InChI=1S/C22H34Cl3NO4/c1-2-3-4-5-8-16-13-19(27)18-9-6-7-11-21(18,12-10-17-14-29-17)26(16)20(28)30-15-22(23,24)25/h16-18H,2-15H2,1H3/t16-,17?,18-,21+/m1/s1. The zero-order chi connectivity index (χ0) is 21.8. The van der Waals surface area contributed by atoms with Crippen LogP contribution in [-0.2, 0) is 14.3 Å². The Morgan fingerprint density at radius 1 is 1.23 bits per heavy atom. The third-order valence-corrected chi connectivity index (χ3v) is 7.25. The maximum absolute atomic E-state index is 13.4. The number of halogens is 3. The first kappa shape index (κ1) is 24.4. The predicted molar refractivity (Wildman–Crippen MR) is 119 cm³/mol. The molecule has 1 unspecified atom stereocenters. The summed E-state index contributed by atoms with van der Waals surface area (Å²) in [5.41, 5.74) is -0.500. The summed E-state index contributed by atoms with van der Waals surface area (Å²) in [5, 5.41) is 0. The van der Waals surface area contributed by atoms with Gasteiger partial charge in [0.05, 0.1) is 18.2 Å². The van der Waals surface area contributed by atoms with Crippen molar-refractivity contribution in [3.05, 3.63) is 0 Å². The topological polar surface area (TPSA) is 59.1 Å². The molecule has 1 aliphatic carbocycles. The zero-order valence-electron chi connectivity index (χ0n) is 17.8. The highest BCUT2D eigenvalue weighted by Gasteiger charge is 2.56. The lowest BCUT2D eigenvalue weighted by Crippen LogP contribution is -2.67. The number of piperidine rings is 1. The number of amides is 1. The molecule has 8 heteroatoms. The van der Waals surface area contributed by atoms with E-state index in [-0.39, 0.29) is 24.7 Å². The van der Waals surface area contributed by atoms with Crippen LogP contribution >= 0.6 is 34.8 Å². The molecule has 0 N–H and O–H groups in total. The molecule has 0 spiro atoms. The number of epoxide rings is 1. The molecule has 0 radical (unpaired) electrons. The predicted octanol–water partition coefficient (Wildman–Crippen LogP) is 6.22. The van der Waals surface area contributed by atoms with E-state index in [0.717, 1.165) is 77.2 Å². The number of hydrogen-bond acceptors (Lipinski definition) is 4. The van der Waals surface area contributed by atoms with Gasteiger partial charge in [-0.15, -0.1) is 0 Å². The van der Waals surface area contributed by atoms with Crippen LogP contribution in [0.2, 0.25) is 0 Å². The summed E-state index contributed by atoms with van der Waals surface area (Å²) < 4.78 is 9.27. The third kappa shape index (κ3) is 6.17. The Kier molecular flexibility index (Phi) is 8.62. The van der Waals surface area contributed by atoms with Gasteiger partial charge in [0.2, 0.25) is 3.79 Å². The van der Waals surface area contributed by atoms with Crippen LogP contribution in [0.5, 0.6) is 0 Å². The maximum Gasteiger partial charge on any atom is 0.410 e. The molecule has 3 aliphatic rings. The van der Waals surface area contributed by atoms with Gasteiger partial charge in [-0.3, -0.25) is 9.69 Å². The number of ether oxygens (including phenoxy) is 2. The summed E-state index contributed by atoms with van der Waals surface area (Å²) in [6.07, 6.45) is 10.7. The summed E-state index contributed by atoms with van der Waals surface area (Å²) >= 11 is 17.5. The Labute approximate surface area is 195 Å². The molecule has 172 valence electrons. The Bertz CT molecular complexity index is 608. The largest absolute Gasteiger partial charge is 0.445 e. The second-order valence-corrected chi connectivity index (χ2v) is 11.6. The molecule has 3 rings (SSSR count). The lowest BCUT2D eigenvalue weighted by molar-refractivity contribution is -0.142. The van der Waals surface area contributed by atoms with Gasteiger partial charge in [-0.2, -0.15) is 0 Å². The van der Waals surface area contributed by atoms with Crippen LogP contribution in [0, 0.1) is 5.92 Å². The van der Waals surface area contributed by atoms with Crippen molar-refractivity contribution >= 4 is 46.7 Å². The molecular weight excluding hydrogens is 449 g/mol. The van der Waals surface area contributed by atoms with Crippen molar-refractivity contribution in [3.63, 3.8) is 0 Å². The Morgan fingerprint density at radius 2 is 2.00 bits per heavy atom. The van der Waals surface area contributed by atoms with E-state index in [1.54, 1.807) is 0 Å². The zero-order valence-corrected chi connectivity index (χ0v) is 20.1. The fourth-order valence-electron chi connectivity index (χ4n) is 5.45. The monoisotopic (exact) mass is 481 g/mol.